The van der Waals surface area contributed by atoms with Gasteiger partial charge in [-0.05, 0) is 50.0 Å². The van der Waals surface area contributed by atoms with E-state index < -0.39 is 0 Å². The summed E-state index contributed by atoms with van der Waals surface area (Å²) < 4.78 is 0. The number of halogens is 2. The van der Waals surface area contributed by atoms with Crippen LogP contribution >= 0.6 is 24.0 Å². The summed E-state index contributed by atoms with van der Waals surface area (Å²) >= 11 is 6.38. The molecular weight excluding hydrogens is 271 g/mol. The lowest BCUT2D eigenvalue weighted by atomic mass is 10.0. The van der Waals surface area contributed by atoms with Gasteiger partial charge in [-0.1, -0.05) is 17.7 Å². The van der Waals surface area contributed by atoms with Gasteiger partial charge in [0.15, 0.2) is 0 Å². The van der Waals surface area contributed by atoms with Crippen LogP contribution in [0, 0.1) is 0 Å². The minimum absolute atomic E-state index is 0. The number of anilines is 1. The molecule has 0 radical (unpaired) electrons. The fraction of sp³-hybridized carbons (Fsp3) is 0.462. The Labute approximate surface area is 119 Å². The number of hydrogen-bond acceptors (Lipinski definition) is 3. The number of benzene rings is 1. The van der Waals surface area contributed by atoms with Gasteiger partial charge < -0.3 is 10.6 Å². The first-order valence-electron chi connectivity index (χ1n) is 5.93. The Morgan fingerprint density at radius 2 is 2.11 bits per heavy atom. The van der Waals surface area contributed by atoms with Crippen LogP contribution in [0.1, 0.15) is 18.1 Å². The average molecular weight is 289 g/mol. The van der Waals surface area contributed by atoms with Crippen LogP contribution in [-0.2, 0) is 17.6 Å². The minimum Gasteiger partial charge on any atom is -0.377 e. The van der Waals surface area contributed by atoms with E-state index in [0.29, 0.717) is 6.54 Å². The second-order valence-corrected chi connectivity index (χ2v) is 4.75. The van der Waals surface area contributed by atoms with Gasteiger partial charge in [-0.25, -0.2) is 0 Å². The third-order valence-electron chi connectivity index (χ3n) is 2.99. The molecule has 1 aromatic carbocycles. The van der Waals surface area contributed by atoms with E-state index >= 15 is 0 Å². The van der Waals surface area contributed by atoms with Crippen molar-refractivity contribution >= 4 is 35.5 Å². The van der Waals surface area contributed by atoms with Gasteiger partial charge in [0.2, 0.25) is 0 Å². The molecule has 0 spiro atoms. The number of carbonyl (C=O) groups is 1. The molecule has 0 aliphatic carbocycles. The third-order valence-corrected chi connectivity index (χ3v) is 3.42. The SMILES string of the molecule is CC(=O)CNc1ccc2c(c1Cl)CCNCC2.Cl. The van der Waals surface area contributed by atoms with Crippen LogP contribution in [0.3, 0.4) is 0 Å². The normalized spacial score (nSPS) is 14.1. The van der Waals surface area contributed by atoms with E-state index in [-0.39, 0.29) is 18.2 Å². The second kappa shape index (κ2) is 6.98. The topological polar surface area (TPSA) is 41.1 Å². The molecule has 0 unspecified atom stereocenters. The molecule has 1 aromatic rings. The summed E-state index contributed by atoms with van der Waals surface area (Å²) in [5.41, 5.74) is 3.39. The largest absolute Gasteiger partial charge is 0.377 e. The molecule has 0 atom stereocenters. The number of nitrogens with one attached hydrogen (secondary N) is 2. The maximum Gasteiger partial charge on any atom is 0.148 e. The highest BCUT2D eigenvalue weighted by molar-refractivity contribution is 6.34. The predicted molar refractivity (Wildman–Crippen MR) is 78.1 cm³/mol. The first-order valence-corrected chi connectivity index (χ1v) is 6.30. The molecule has 0 fully saturated rings. The molecule has 1 heterocycles. The van der Waals surface area contributed by atoms with Crippen molar-refractivity contribution in [3.63, 3.8) is 0 Å². The van der Waals surface area contributed by atoms with Gasteiger partial charge in [0.25, 0.3) is 0 Å². The van der Waals surface area contributed by atoms with Gasteiger partial charge >= 0.3 is 0 Å². The van der Waals surface area contributed by atoms with E-state index in [1.807, 2.05) is 6.07 Å². The fourth-order valence-corrected chi connectivity index (χ4v) is 2.43. The Morgan fingerprint density at radius 1 is 1.39 bits per heavy atom. The molecule has 0 aromatic heterocycles. The van der Waals surface area contributed by atoms with Gasteiger partial charge in [-0.3, -0.25) is 4.79 Å². The highest BCUT2D eigenvalue weighted by Gasteiger charge is 2.13. The molecule has 2 rings (SSSR count). The highest BCUT2D eigenvalue weighted by atomic mass is 35.5. The molecule has 1 aliphatic rings. The first kappa shape index (κ1) is 15.3. The first-order chi connectivity index (χ1) is 8.18. The molecule has 100 valence electrons. The third kappa shape index (κ3) is 3.61. The van der Waals surface area contributed by atoms with E-state index in [9.17, 15) is 4.79 Å². The Balaban J connectivity index is 0.00000162. The van der Waals surface area contributed by atoms with Crippen molar-refractivity contribution in [1.29, 1.82) is 0 Å². The number of rotatable bonds is 3. The molecule has 5 heteroatoms. The summed E-state index contributed by atoms with van der Waals surface area (Å²) in [5, 5.41) is 7.21. The quantitative estimate of drug-likeness (QED) is 0.898. The van der Waals surface area contributed by atoms with Crippen molar-refractivity contribution in [2.75, 3.05) is 25.0 Å². The van der Waals surface area contributed by atoms with Crippen LogP contribution in [0.2, 0.25) is 5.02 Å². The van der Waals surface area contributed by atoms with Crippen LogP contribution in [0.5, 0.6) is 0 Å². The van der Waals surface area contributed by atoms with E-state index in [4.69, 9.17) is 11.6 Å². The van der Waals surface area contributed by atoms with Gasteiger partial charge in [0, 0.05) is 0 Å². The summed E-state index contributed by atoms with van der Waals surface area (Å²) in [7, 11) is 0. The number of ketones is 1. The van der Waals surface area contributed by atoms with Crippen LogP contribution in [0.4, 0.5) is 5.69 Å². The van der Waals surface area contributed by atoms with Crippen molar-refractivity contribution in [3.8, 4) is 0 Å². The summed E-state index contributed by atoms with van der Waals surface area (Å²) in [4.78, 5) is 11.0. The maximum absolute atomic E-state index is 11.0. The lowest BCUT2D eigenvalue weighted by Gasteiger charge is -2.13. The average Bonchev–Trinajstić information content (AvgIpc) is 2.53. The lowest BCUT2D eigenvalue weighted by Crippen LogP contribution is -2.16. The van der Waals surface area contributed by atoms with Crippen molar-refractivity contribution < 1.29 is 4.79 Å². The summed E-state index contributed by atoms with van der Waals surface area (Å²) in [6.07, 6.45) is 1.96. The van der Waals surface area contributed by atoms with E-state index in [1.54, 1.807) is 6.92 Å². The molecule has 0 saturated heterocycles. The number of hydrogen-bond donors (Lipinski definition) is 2. The van der Waals surface area contributed by atoms with Crippen molar-refractivity contribution in [2.45, 2.75) is 19.8 Å². The summed E-state index contributed by atoms with van der Waals surface area (Å²) in [6.45, 7) is 3.86. The Bertz CT molecular complexity index is 435. The zero-order valence-corrected chi connectivity index (χ0v) is 12.0. The number of Topliss-reactive ketones (excluding diaryl/α,β-unsaturated/α-hetero) is 1. The molecule has 0 saturated carbocycles. The van der Waals surface area contributed by atoms with E-state index in [1.165, 1.54) is 11.1 Å². The zero-order chi connectivity index (χ0) is 12.3. The van der Waals surface area contributed by atoms with Crippen LogP contribution in [0.25, 0.3) is 0 Å². The van der Waals surface area contributed by atoms with Crippen LogP contribution in [-0.4, -0.2) is 25.4 Å². The Morgan fingerprint density at radius 3 is 2.83 bits per heavy atom. The molecule has 18 heavy (non-hydrogen) atoms. The van der Waals surface area contributed by atoms with Crippen molar-refractivity contribution in [2.24, 2.45) is 0 Å². The van der Waals surface area contributed by atoms with Crippen LogP contribution in [0.15, 0.2) is 12.1 Å². The lowest BCUT2D eigenvalue weighted by molar-refractivity contribution is -0.115. The molecule has 3 nitrogen and oxygen atoms in total. The standard InChI is InChI=1S/C13H17ClN2O.ClH/c1-9(17)8-16-12-3-2-10-4-6-15-7-5-11(10)13(12)14;/h2-3,15-16H,4-8H2,1H3;1H. The second-order valence-electron chi connectivity index (χ2n) is 4.37. The number of carbonyl (C=O) groups excluding carboxylic acids is 1. The van der Waals surface area contributed by atoms with E-state index in [2.05, 4.69) is 16.7 Å². The van der Waals surface area contributed by atoms with Crippen molar-refractivity contribution in [3.05, 3.63) is 28.3 Å². The van der Waals surface area contributed by atoms with E-state index in [0.717, 1.165) is 36.6 Å². The van der Waals surface area contributed by atoms with Crippen LogP contribution < -0.4 is 10.6 Å². The van der Waals surface area contributed by atoms with Crippen molar-refractivity contribution in [1.82, 2.24) is 5.32 Å². The Kier molecular flexibility index (Phi) is 5.93. The van der Waals surface area contributed by atoms with Gasteiger partial charge in [0.05, 0.1) is 17.3 Å². The Hall–Kier alpha value is -0.770. The molecular formula is C13H18Cl2N2O. The summed E-state index contributed by atoms with van der Waals surface area (Å²) in [6, 6.07) is 4.08. The molecule has 1 aliphatic heterocycles. The molecule has 0 bridgehead atoms. The maximum atomic E-state index is 11.0. The zero-order valence-electron chi connectivity index (χ0n) is 10.4. The molecule has 2 N–H and O–H groups in total. The monoisotopic (exact) mass is 288 g/mol. The predicted octanol–water partition coefficient (Wildman–Crippen LogP) is 2.45. The highest BCUT2D eigenvalue weighted by Crippen LogP contribution is 2.30. The summed E-state index contributed by atoms with van der Waals surface area (Å²) in [5.74, 6) is 0.109. The van der Waals surface area contributed by atoms with Gasteiger partial charge in [0.1, 0.15) is 5.78 Å². The van der Waals surface area contributed by atoms with Gasteiger partial charge in [-0.2, -0.15) is 0 Å². The molecule has 0 amide bonds. The minimum atomic E-state index is 0. The fourth-order valence-electron chi connectivity index (χ4n) is 2.08. The number of fused-ring (bicyclic) bond motifs is 1. The van der Waals surface area contributed by atoms with Gasteiger partial charge in [-0.15, -0.1) is 12.4 Å². The smallest absolute Gasteiger partial charge is 0.148 e.